The SMILES string of the molecule is CCC(C(=O)C=O)c1cc(-c2ccc(OCc3ccccc3)cc2)no1. The summed E-state index contributed by atoms with van der Waals surface area (Å²) in [7, 11) is 0. The van der Waals surface area contributed by atoms with E-state index in [1.807, 2.05) is 61.5 Å². The predicted octanol–water partition coefficient (Wildman–Crippen LogP) is 4.18. The van der Waals surface area contributed by atoms with E-state index in [0.717, 1.165) is 16.9 Å². The van der Waals surface area contributed by atoms with Crippen LogP contribution in [0.5, 0.6) is 5.75 Å². The first-order chi connectivity index (χ1) is 12.7. The van der Waals surface area contributed by atoms with Gasteiger partial charge in [0, 0.05) is 11.6 Å². The van der Waals surface area contributed by atoms with Gasteiger partial charge in [0.2, 0.25) is 5.78 Å². The van der Waals surface area contributed by atoms with Gasteiger partial charge < -0.3 is 9.26 Å². The monoisotopic (exact) mass is 349 g/mol. The first kappa shape index (κ1) is 17.6. The van der Waals surface area contributed by atoms with E-state index >= 15 is 0 Å². The normalized spacial score (nSPS) is 11.7. The Labute approximate surface area is 151 Å². The molecule has 0 N–H and O–H groups in total. The Bertz CT molecular complexity index is 869. The summed E-state index contributed by atoms with van der Waals surface area (Å²) in [4.78, 5) is 22.4. The summed E-state index contributed by atoms with van der Waals surface area (Å²) in [6.07, 6.45) is 0.813. The van der Waals surface area contributed by atoms with Crippen molar-refractivity contribution in [1.82, 2.24) is 5.16 Å². The lowest BCUT2D eigenvalue weighted by molar-refractivity contribution is -0.131. The van der Waals surface area contributed by atoms with Crippen LogP contribution in [-0.4, -0.2) is 17.2 Å². The average molecular weight is 349 g/mol. The molecule has 0 fully saturated rings. The third-order valence-corrected chi connectivity index (χ3v) is 4.14. The largest absolute Gasteiger partial charge is 0.489 e. The number of carbonyl (C=O) groups excluding carboxylic acids is 2. The summed E-state index contributed by atoms with van der Waals surface area (Å²) in [6, 6.07) is 19.1. The van der Waals surface area contributed by atoms with Gasteiger partial charge in [-0.15, -0.1) is 0 Å². The molecule has 0 saturated carbocycles. The van der Waals surface area contributed by atoms with Gasteiger partial charge >= 0.3 is 0 Å². The number of hydrogen-bond acceptors (Lipinski definition) is 5. The number of rotatable bonds is 8. The van der Waals surface area contributed by atoms with E-state index < -0.39 is 11.7 Å². The van der Waals surface area contributed by atoms with Gasteiger partial charge in [0.1, 0.15) is 23.8 Å². The van der Waals surface area contributed by atoms with Gasteiger partial charge in [-0.2, -0.15) is 0 Å². The van der Waals surface area contributed by atoms with Gasteiger partial charge in [-0.25, -0.2) is 0 Å². The minimum Gasteiger partial charge on any atom is -0.489 e. The zero-order valence-corrected chi connectivity index (χ0v) is 14.4. The number of aldehydes is 1. The molecule has 0 aliphatic heterocycles. The van der Waals surface area contributed by atoms with Crippen LogP contribution in [0.15, 0.2) is 65.2 Å². The van der Waals surface area contributed by atoms with Gasteiger partial charge in [0.05, 0.1) is 5.92 Å². The number of aromatic nitrogens is 1. The molecule has 132 valence electrons. The molecule has 1 aromatic heterocycles. The first-order valence-electron chi connectivity index (χ1n) is 8.44. The lowest BCUT2D eigenvalue weighted by atomic mass is 9.98. The van der Waals surface area contributed by atoms with Crippen molar-refractivity contribution in [2.75, 3.05) is 0 Å². The second-order valence-electron chi connectivity index (χ2n) is 5.89. The Kier molecular flexibility index (Phi) is 5.59. The summed E-state index contributed by atoms with van der Waals surface area (Å²) in [6.45, 7) is 2.33. The Hall–Kier alpha value is -3.21. The summed E-state index contributed by atoms with van der Waals surface area (Å²) in [5.74, 6) is 0.0787. The van der Waals surface area contributed by atoms with Crippen LogP contribution in [0.2, 0.25) is 0 Å². The third kappa shape index (κ3) is 4.06. The molecule has 0 bridgehead atoms. The van der Waals surface area contributed by atoms with E-state index in [0.29, 0.717) is 30.8 Å². The molecular weight excluding hydrogens is 330 g/mol. The standard InChI is InChI=1S/C21H19NO4/c1-2-18(20(24)13-23)21-12-19(22-26-21)16-8-10-17(11-9-16)25-14-15-6-4-3-5-7-15/h3-13,18H,2,14H2,1H3. The van der Waals surface area contributed by atoms with Crippen molar-refractivity contribution in [3.8, 4) is 17.0 Å². The molecule has 1 atom stereocenters. The molecule has 0 aliphatic carbocycles. The van der Waals surface area contributed by atoms with Gasteiger partial charge in [0.15, 0.2) is 6.29 Å². The highest BCUT2D eigenvalue weighted by Gasteiger charge is 2.23. The lowest BCUT2D eigenvalue weighted by Crippen LogP contribution is -2.11. The predicted molar refractivity (Wildman–Crippen MR) is 96.8 cm³/mol. The quantitative estimate of drug-likeness (QED) is 0.451. The van der Waals surface area contributed by atoms with Crippen molar-refractivity contribution in [2.24, 2.45) is 0 Å². The average Bonchev–Trinajstić information content (AvgIpc) is 3.17. The number of carbonyl (C=O) groups is 2. The van der Waals surface area contributed by atoms with E-state index in [9.17, 15) is 9.59 Å². The van der Waals surface area contributed by atoms with E-state index in [1.165, 1.54) is 0 Å². The highest BCUT2D eigenvalue weighted by Crippen LogP contribution is 2.27. The van der Waals surface area contributed by atoms with Crippen LogP contribution < -0.4 is 4.74 Å². The van der Waals surface area contributed by atoms with Gasteiger partial charge in [-0.05, 0) is 36.2 Å². The molecule has 1 heterocycles. The molecule has 5 heteroatoms. The topological polar surface area (TPSA) is 69.4 Å². The number of ether oxygens (including phenoxy) is 1. The van der Waals surface area contributed by atoms with E-state index in [-0.39, 0.29) is 0 Å². The van der Waals surface area contributed by atoms with Crippen molar-refractivity contribution in [1.29, 1.82) is 0 Å². The number of benzene rings is 2. The van der Waals surface area contributed by atoms with Crippen molar-refractivity contribution in [3.05, 3.63) is 72.0 Å². The molecule has 26 heavy (non-hydrogen) atoms. The van der Waals surface area contributed by atoms with Crippen LogP contribution in [0.3, 0.4) is 0 Å². The fourth-order valence-electron chi connectivity index (χ4n) is 2.68. The molecule has 5 nitrogen and oxygen atoms in total. The van der Waals surface area contributed by atoms with Gasteiger partial charge in [0.25, 0.3) is 0 Å². The number of Topliss-reactive ketones (excluding diaryl/α,β-unsaturated/α-hetero) is 1. The zero-order valence-electron chi connectivity index (χ0n) is 14.4. The molecule has 0 aliphatic rings. The van der Waals surface area contributed by atoms with Crippen LogP contribution in [0.25, 0.3) is 11.3 Å². The molecule has 1 unspecified atom stereocenters. The molecule has 0 saturated heterocycles. The number of ketones is 1. The number of nitrogens with zero attached hydrogens (tertiary/aromatic N) is 1. The molecular formula is C21H19NO4. The fourth-order valence-corrected chi connectivity index (χ4v) is 2.68. The number of hydrogen-bond donors (Lipinski definition) is 0. The van der Waals surface area contributed by atoms with Crippen LogP contribution in [0.4, 0.5) is 0 Å². The maximum atomic E-state index is 11.7. The van der Waals surface area contributed by atoms with Gasteiger partial charge in [-0.3, -0.25) is 9.59 Å². The summed E-state index contributed by atoms with van der Waals surface area (Å²) < 4.78 is 11.0. The molecule has 2 aromatic carbocycles. The fraction of sp³-hybridized carbons (Fsp3) is 0.190. The lowest BCUT2D eigenvalue weighted by Gasteiger charge is -2.06. The summed E-state index contributed by atoms with van der Waals surface area (Å²) in [5, 5.41) is 4.01. The second-order valence-corrected chi connectivity index (χ2v) is 5.89. The van der Waals surface area contributed by atoms with E-state index in [1.54, 1.807) is 6.07 Å². The molecule has 3 rings (SSSR count). The van der Waals surface area contributed by atoms with E-state index in [2.05, 4.69) is 5.16 Å². The Morgan fingerprint density at radius 3 is 2.54 bits per heavy atom. The third-order valence-electron chi connectivity index (χ3n) is 4.14. The molecule has 0 spiro atoms. The second kappa shape index (κ2) is 8.25. The van der Waals surface area contributed by atoms with Crippen LogP contribution in [-0.2, 0) is 16.2 Å². The van der Waals surface area contributed by atoms with Gasteiger partial charge in [-0.1, -0.05) is 42.4 Å². The van der Waals surface area contributed by atoms with Crippen LogP contribution in [0.1, 0.15) is 30.6 Å². The Morgan fingerprint density at radius 2 is 1.88 bits per heavy atom. The van der Waals surface area contributed by atoms with Crippen LogP contribution in [0, 0.1) is 0 Å². The maximum Gasteiger partial charge on any atom is 0.205 e. The Balaban J connectivity index is 1.69. The van der Waals surface area contributed by atoms with Crippen LogP contribution >= 0.6 is 0 Å². The molecule has 3 aromatic rings. The molecule has 0 radical (unpaired) electrons. The molecule has 0 amide bonds. The Morgan fingerprint density at radius 1 is 1.15 bits per heavy atom. The highest BCUT2D eigenvalue weighted by atomic mass is 16.5. The van der Waals surface area contributed by atoms with Crippen molar-refractivity contribution < 1.29 is 18.8 Å². The smallest absolute Gasteiger partial charge is 0.205 e. The minimum absolute atomic E-state index is 0.329. The zero-order chi connectivity index (χ0) is 18.4. The van der Waals surface area contributed by atoms with E-state index in [4.69, 9.17) is 9.26 Å². The maximum absolute atomic E-state index is 11.7. The van der Waals surface area contributed by atoms with Crippen molar-refractivity contribution in [2.45, 2.75) is 25.9 Å². The highest BCUT2D eigenvalue weighted by molar-refractivity contribution is 6.27. The van der Waals surface area contributed by atoms with Crippen molar-refractivity contribution in [3.63, 3.8) is 0 Å². The minimum atomic E-state index is -0.581. The summed E-state index contributed by atoms with van der Waals surface area (Å²) in [5.41, 5.74) is 2.57. The first-order valence-corrected chi connectivity index (χ1v) is 8.44. The van der Waals surface area contributed by atoms with Crippen molar-refractivity contribution >= 4 is 12.1 Å². The summed E-state index contributed by atoms with van der Waals surface area (Å²) >= 11 is 0.